The van der Waals surface area contributed by atoms with Crippen molar-refractivity contribution in [3.8, 4) is 5.75 Å². The summed E-state index contributed by atoms with van der Waals surface area (Å²) in [7, 11) is 1.76. The smallest absolute Gasteiger partial charge is 0.254 e. The highest BCUT2D eigenvalue weighted by molar-refractivity contribution is 5.94. The zero-order chi connectivity index (χ0) is 14.7. The third-order valence-corrected chi connectivity index (χ3v) is 3.34. The highest BCUT2D eigenvalue weighted by Crippen LogP contribution is 2.19. The fraction of sp³-hybridized carbons (Fsp3) is 0.235. The molecule has 0 aromatic heterocycles. The maximum Gasteiger partial charge on any atom is 0.254 e. The van der Waals surface area contributed by atoms with Crippen molar-refractivity contribution < 1.29 is 9.90 Å². The van der Waals surface area contributed by atoms with E-state index in [4.69, 9.17) is 0 Å². The van der Waals surface area contributed by atoms with E-state index in [0.717, 1.165) is 11.1 Å². The van der Waals surface area contributed by atoms with Crippen molar-refractivity contribution in [1.29, 1.82) is 0 Å². The number of phenols is 1. The minimum Gasteiger partial charge on any atom is -0.508 e. The van der Waals surface area contributed by atoms with Crippen LogP contribution in [0.25, 0.3) is 0 Å². The van der Waals surface area contributed by atoms with Gasteiger partial charge in [0.2, 0.25) is 0 Å². The quantitative estimate of drug-likeness (QED) is 0.929. The molecule has 0 radical (unpaired) electrons. The molecule has 0 aliphatic rings. The number of hydrogen-bond donors (Lipinski definition) is 1. The van der Waals surface area contributed by atoms with Gasteiger partial charge in [-0.05, 0) is 37.1 Å². The van der Waals surface area contributed by atoms with E-state index in [1.54, 1.807) is 31.0 Å². The second-order valence-electron chi connectivity index (χ2n) is 5.15. The van der Waals surface area contributed by atoms with Gasteiger partial charge in [0.25, 0.3) is 5.91 Å². The molecule has 0 saturated heterocycles. The summed E-state index contributed by atoms with van der Waals surface area (Å²) in [6.45, 7) is 4.39. The molecule has 0 aliphatic carbocycles. The number of aryl methyl sites for hydroxylation is 2. The SMILES string of the molecule is Cc1ccc(CN(C)C(=O)c2ccc(C)c(O)c2)cc1. The summed E-state index contributed by atoms with van der Waals surface area (Å²) in [6.07, 6.45) is 0. The Hall–Kier alpha value is -2.29. The number of benzene rings is 2. The lowest BCUT2D eigenvalue weighted by Crippen LogP contribution is -2.26. The van der Waals surface area contributed by atoms with E-state index >= 15 is 0 Å². The molecule has 0 fully saturated rings. The van der Waals surface area contributed by atoms with Gasteiger partial charge in [-0.25, -0.2) is 0 Å². The van der Waals surface area contributed by atoms with Crippen LogP contribution < -0.4 is 0 Å². The molecule has 104 valence electrons. The first kappa shape index (κ1) is 14.1. The fourth-order valence-corrected chi connectivity index (χ4v) is 2.00. The van der Waals surface area contributed by atoms with Crippen molar-refractivity contribution in [3.63, 3.8) is 0 Å². The number of nitrogens with zero attached hydrogens (tertiary/aromatic N) is 1. The van der Waals surface area contributed by atoms with Crippen LogP contribution in [0.1, 0.15) is 27.0 Å². The monoisotopic (exact) mass is 269 g/mol. The van der Waals surface area contributed by atoms with Crippen LogP contribution >= 0.6 is 0 Å². The van der Waals surface area contributed by atoms with Crippen LogP contribution in [0.4, 0.5) is 0 Å². The van der Waals surface area contributed by atoms with Crippen LogP contribution in [-0.4, -0.2) is 23.0 Å². The van der Waals surface area contributed by atoms with Crippen LogP contribution in [0.3, 0.4) is 0 Å². The number of hydrogen-bond acceptors (Lipinski definition) is 2. The average Bonchev–Trinajstić information content (AvgIpc) is 2.43. The Labute approximate surface area is 119 Å². The Morgan fingerprint density at radius 2 is 1.75 bits per heavy atom. The topological polar surface area (TPSA) is 40.5 Å². The van der Waals surface area contributed by atoms with E-state index in [1.807, 2.05) is 31.2 Å². The third kappa shape index (κ3) is 3.18. The predicted molar refractivity (Wildman–Crippen MR) is 79.8 cm³/mol. The lowest BCUT2D eigenvalue weighted by Gasteiger charge is -2.18. The molecular formula is C17H19NO2. The number of amides is 1. The Morgan fingerprint density at radius 1 is 1.10 bits per heavy atom. The van der Waals surface area contributed by atoms with Crippen molar-refractivity contribution >= 4 is 5.91 Å². The van der Waals surface area contributed by atoms with Gasteiger partial charge in [-0.2, -0.15) is 0 Å². The van der Waals surface area contributed by atoms with E-state index < -0.39 is 0 Å². The van der Waals surface area contributed by atoms with Gasteiger partial charge in [0.15, 0.2) is 0 Å². The van der Waals surface area contributed by atoms with E-state index in [9.17, 15) is 9.90 Å². The molecule has 0 atom stereocenters. The summed E-state index contributed by atoms with van der Waals surface area (Å²) in [5, 5.41) is 9.68. The normalized spacial score (nSPS) is 10.3. The lowest BCUT2D eigenvalue weighted by atomic mass is 10.1. The molecule has 2 aromatic rings. The highest BCUT2D eigenvalue weighted by atomic mass is 16.3. The molecule has 0 bridgehead atoms. The van der Waals surface area contributed by atoms with Crippen molar-refractivity contribution in [1.82, 2.24) is 4.90 Å². The largest absolute Gasteiger partial charge is 0.508 e. The zero-order valence-corrected chi connectivity index (χ0v) is 12.1. The molecule has 1 amide bonds. The molecule has 0 unspecified atom stereocenters. The summed E-state index contributed by atoms with van der Waals surface area (Å²) >= 11 is 0. The van der Waals surface area contributed by atoms with Crippen LogP contribution in [0.15, 0.2) is 42.5 Å². The van der Waals surface area contributed by atoms with E-state index in [1.165, 1.54) is 11.6 Å². The fourth-order valence-electron chi connectivity index (χ4n) is 2.00. The van der Waals surface area contributed by atoms with Gasteiger partial charge in [-0.3, -0.25) is 4.79 Å². The Kier molecular flexibility index (Phi) is 4.08. The minimum atomic E-state index is -0.0964. The summed E-state index contributed by atoms with van der Waals surface area (Å²) < 4.78 is 0. The van der Waals surface area contributed by atoms with E-state index in [2.05, 4.69) is 0 Å². The second kappa shape index (κ2) is 5.78. The summed E-state index contributed by atoms with van der Waals surface area (Å²) in [6, 6.07) is 13.1. The summed E-state index contributed by atoms with van der Waals surface area (Å²) in [5.41, 5.74) is 3.56. The molecule has 0 spiro atoms. The number of phenolic OH excluding ortho intramolecular Hbond substituents is 1. The standard InChI is InChI=1S/C17H19NO2/c1-12-4-7-14(8-5-12)11-18(3)17(20)15-9-6-13(2)16(19)10-15/h4-10,19H,11H2,1-3H3. The second-order valence-corrected chi connectivity index (χ2v) is 5.15. The first-order valence-electron chi connectivity index (χ1n) is 6.58. The Balaban J connectivity index is 2.11. The van der Waals surface area contributed by atoms with Crippen LogP contribution in [0.2, 0.25) is 0 Å². The lowest BCUT2D eigenvalue weighted by molar-refractivity contribution is 0.0784. The summed E-state index contributed by atoms with van der Waals surface area (Å²) in [5.74, 6) is 0.0560. The molecule has 0 saturated carbocycles. The van der Waals surface area contributed by atoms with Gasteiger partial charge in [-0.15, -0.1) is 0 Å². The minimum absolute atomic E-state index is 0.0964. The van der Waals surface area contributed by atoms with Gasteiger partial charge >= 0.3 is 0 Å². The zero-order valence-electron chi connectivity index (χ0n) is 12.1. The first-order chi connectivity index (χ1) is 9.47. The van der Waals surface area contributed by atoms with Gasteiger partial charge in [0.1, 0.15) is 5.75 Å². The van der Waals surface area contributed by atoms with Crippen LogP contribution in [-0.2, 0) is 6.54 Å². The van der Waals surface area contributed by atoms with Crippen molar-refractivity contribution in [2.75, 3.05) is 7.05 Å². The Morgan fingerprint density at radius 3 is 2.35 bits per heavy atom. The molecule has 3 nitrogen and oxygen atoms in total. The number of carbonyl (C=O) groups excluding carboxylic acids is 1. The van der Waals surface area contributed by atoms with Gasteiger partial charge in [0, 0.05) is 19.2 Å². The number of rotatable bonds is 3. The Bertz CT molecular complexity index is 617. The third-order valence-electron chi connectivity index (χ3n) is 3.34. The van der Waals surface area contributed by atoms with Gasteiger partial charge in [0.05, 0.1) is 0 Å². The van der Waals surface area contributed by atoms with Crippen LogP contribution in [0, 0.1) is 13.8 Å². The predicted octanol–water partition coefficient (Wildman–Crippen LogP) is 3.28. The average molecular weight is 269 g/mol. The number of aromatic hydroxyl groups is 1. The number of carbonyl (C=O) groups is 1. The van der Waals surface area contributed by atoms with Gasteiger partial charge in [-0.1, -0.05) is 35.9 Å². The molecule has 1 N–H and O–H groups in total. The first-order valence-corrected chi connectivity index (χ1v) is 6.58. The van der Waals surface area contributed by atoms with Gasteiger partial charge < -0.3 is 10.0 Å². The van der Waals surface area contributed by atoms with E-state index in [0.29, 0.717) is 12.1 Å². The van der Waals surface area contributed by atoms with Crippen molar-refractivity contribution in [2.24, 2.45) is 0 Å². The molecule has 0 aliphatic heterocycles. The maximum absolute atomic E-state index is 12.3. The molecule has 2 rings (SSSR count). The maximum atomic E-state index is 12.3. The molecular weight excluding hydrogens is 250 g/mol. The summed E-state index contributed by atoms with van der Waals surface area (Å²) in [4.78, 5) is 13.9. The van der Waals surface area contributed by atoms with Crippen LogP contribution in [0.5, 0.6) is 5.75 Å². The van der Waals surface area contributed by atoms with E-state index in [-0.39, 0.29) is 11.7 Å². The van der Waals surface area contributed by atoms with Crippen molar-refractivity contribution in [3.05, 3.63) is 64.7 Å². The molecule has 0 heterocycles. The highest BCUT2D eigenvalue weighted by Gasteiger charge is 2.13. The van der Waals surface area contributed by atoms with Crippen molar-refractivity contribution in [2.45, 2.75) is 20.4 Å². The molecule has 3 heteroatoms. The molecule has 2 aromatic carbocycles. The molecule has 20 heavy (non-hydrogen) atoms.